The van der Waals surface area contributed by atoms with Crippen LogP contribution >= 0.6 is 0 Å². The Bertz CT molecular complexity index is 2360. The van der Waals surface area contributed by atoms with Crippen LogP contribution in [0.1, 0.15) is 5.82 Å². The largest absolute Gasteiger partial charge is 0.306 e. The number of hydrogen-bond acceptors (Lipinski definition) is 2. The Morgan fingerprint density at radius 2 is 1.02 bits per heavy atom. The van der Waals surface area contributed by atoms with Gasteiger partial charge in [-0.05, 0) is 105 Å². The van der Waals surface area contributed by atoms with Gasteiger partial charge >= 0.3 is 0 Å². The van der Waals surface area contributed by atoms with Crippen LogP contribution in [0.3, 0.4) is 0 Å². The summed E-state index contributed by atoms with van der Waals surface area (Å²) in [4.78, 5) is 7.28. The van der Waals surface area contributed by atoms with Crippen LogP contribution in [0, 0.1) is 6.92 Å². The fraction of sp³-hybridized carbons (Fsp3) is 0.0250. The smallest absolute Gasteiger partial charge is 0.111 e. The van der Waals surface area contributed by atoms with Gasteiger partial charge in [0.25, 0.3) is 0 Å². The van der Waals surface area contributed by atoms with Crippen molar-refractivity contribution in [2.45, 2.75) is 6.92 Å². The Kier molecular flexibility index (Phi) is 5.11. The highest BCUT2D eigenvalue weighted by Crippen LogP contribution is 2.48. The van der Waals surface area contributed by atoms with E-state index in [0.29, 0.717) is 0 Å². The fourth-order valence-corrected chi connectivity index (χ4v) is 6.73. The zero-order valence-corrected chi connectivity index (χ0v) is 23.7. The summed E-state index contributed by atoms with van der Waals surface area (Å²) in [5.74, 6) is 0.997. The normalized spacial score (nSPS) is 12.3. The van der Waals surface area contributed by atoms with E-state index in [9.17, 15) is 0 Å². The predicted octanol–water partition coefficient (Wildman–Crippen LogP) is 10.8. The Labute approximate surface area is 249 Å². The highest BCUT2D eigenvalue weighted by atomic mass is 15.2. The molecular weight excluding hydrogens is 522 g/mol. The minimum atomic E-state index is 0.997. The van der Waals surface area contributed by atoms with Gasteiger partial charge in [0.15, 0.2) is 0 Å². The van der Waals surface area contributed by atoms with E-state index >= 15 is 0 Å². The second-order valence-electron chi connectivity index (χ2n) is 11.4. The molecule has 0 bridgehead atoms. The Morgan fingerprint density at radius 1 is 0.442 bits per heavy atom. The molecule has 0 N–H and O–H groups in total. The third kappa shape index (κ3) is 3.72. The van der Waals surface area contributed by atoms with Crippen molar-refractivity contribution in [3.63, 3.8) is 0 Å². The molecule has 0 saturated carbocycles. The Balaban J connectivity index is 1.16. The highest BCUT2D eigenvalue weighted by Gasteiger charge is 2.28. The Hall–Kier alpha value is -5.67. The lowest BCUT2D eigenvalue weighted by Gasteiger charge is -2.33. The second kappa shape index (κ2) is 9.17. The summed E-state index contributed by atoms with van der Waals surface area (Å²) in [5.41, 5.74) is 11.6. The van der Waals surface area contributed by atoms with Crippen LogP contribution in [0.25, 0.3) is 60.5 Å². The second-order valence-corrected chi connectivity index (χ2v) is 11.4. The topological polar surface area (TPSA) is 21.1 Å². The third-order valence-corrected chi connectivity index (χ3v) is 8.79. The molecule has 0 unspecified atom stereocenters. The molecule has 1 aliphatic heterocycles. The number of aromatic nitrogens is 2. The number of aryl methyl sites for hydroxylation is 1. The van der Waals surface area contributed by atoms with Crippen LogP contribution in [-0.4, -0.2) is 9.55 Å². The van der Waals surface area contributed by atoms with Crippen LogP contribution in [-0.2, 0) is 0 Å². The molecule has 3 nitrogen and oxygen atoms in total. The Morgan fingerprint density at radius 3 is 1.74 bits per heavy atom. The van der Waals surface area contributed by atoms with Crippen molar-refractivity contribution in [2.24, 2.45) is 0 Å². The maximum atomic E-state index is 4.91. The number of hydrogen-bond donors (Lipinski definition) is 0. The lowest BCUT2D eigenvalue weighted by atomic mass is 9.96. The van der Waals surface area contributed by atoms with Gasteiger partial charge in [0.1, 0.15) is 5.82 Å². The summed E-state index contributed by atoms with van der Waals surface area (Å²) >= 11 is 0. The molecule has 2 heterocycles. The van der Waals surface area contributed by atoms with Gasteiger partial charge < -0.3 is 4.90 Å². The van der Waals surface area contributed by atoms with Crippen molar-refractivity contribution in [3.8, 4) is 27.9 Å². The number of para-hydroxylation sites is 2. The van der Waals surface area contributed by atoms with E-state index in [0.717, 1.165) is 39.6 Å². The van der Waals surface area contributed by atoms with Crippen LogP contribution in [0.15, 0.2) is 146 Å². The summed E-state index contributed by atoms with van der Waals surface area (Å²) in [6, 6.07) is 52.7. The molecule has 7 aromatic carbocycles. The van der Waals surface area contributed by atoms with Crippen LogP contribution < -0.4 is 4.90 Å². The van der Waals surface area contributed by atoms with Crippen molar-refractivity contribution in [1.82, 2.24) is 9.55 Å². The minimum Gasteiger partial charge on any atom is -0.306 e. The maximum absolute atomic E-state index is 4.91. The molecule has 8 aromatic rings. The van der Waals surface area contributed by atoms with Gasteiger partial charge in [-0.3, -0.25) is 4.57 Å². The number of fused-ring (bicyclic) bond motifs is 4. The fourth-order valence-electron chi connectivity index (χ4n) is 6.73. The molecule has 0 amide bonds. The summed E-state index contributed by atoms with van der Waals surface area (Å²) in [5, 5.41) is 5.01. The molecule has 43 heavy (non-hydrogen) atoms. The average Bonchev–Trinajstić information content (AvgIpc) is 3.41. The van der Waals surface area contributed by atoms with E-state index in [1.54, 1.807) is 0 Å². The monoisotopic (exact) mass is 549 g/mol. The van der Waals surface area contributed by atoms with E-state index < -0.39 is 0 Å². The third-order valence-electron chi connectivity index (χ3n) is 8.79. The molecule has 0 saturated heterocycles. The van der Waals surface area contributed by atoms with Crippen LogP contribution in [0.2, 0.25) is 0 Å². The number of benzene rings is 7. The quantitative estimate of drug-likeness (QED) is 0.219. The highest BCUT2D eigenvalue weighted by molar-refractivity contribution is 6.02. The molecule has 1 aliphatic rings. The molecule has 1 aromatic heterocycles. The van der Waals surface area contributed by atoms with Gasteiger partial charge in [-0.2, -0.15) is 0 Å². The van der Waals surface area contributed by atoms with Gasteiger partial charge in [0.05, 0.1) is 28.1 Å². The molecule has 3 heteroatoms. The van der Waals surface area contributed by atoms with Crippen molar-refractivity contribution in [3.05, 3.63) is 151 Å². The molecule has 202 valence electrons. The zero-order valence-electron chi connectivity index (χ0n) is 23.7. The number of nitrogens with zero attached hydrogens (tertiary/aromatic N) is 3. The van der Waals surface area contributed by atoms with E-state index in [-0.39, 0.29) is 0 Å². The summed E-state index contributed by atoms with van der Waals surface area (Å²) in [6.07, 6.45) is 0. The first kappa shape index (κ1) is 24.0. The average molecular weight is 550 g/mol. The lowest BCUT2D eigenvalue weighted by molar-refractivity contribution is 0.982. The van der Waals surface area contributed by atoms with Gasteiger partial charge in [-0.25, -0.2) is 4.98 Å². The standard InChI is InChI=1S/C40H27N3/c1-26-41-36-12-7-13-38-40(36)42(26)37-21-20-34(25-39(37)43(38)35-10-3-2-4-11-35)33-19-18-31-23-30(16-17-32(31)24-33)29-15-14-27-8-5-6-9-28(27)22-29/h2-25H,1H3. The van der Waals surface area contributed by atoms with Gasteiger partial charge in [0.2, 0.25) is 0 Å². The van der Waals surface area contributed by atoms with E-state index in [1.165, 1.54) is 43.8 Å². The van der Waals surface area contributed by atoms with E-state index in [1.807, 2.05) is 0 Å². The zero-order chi connectivity index (χ0) is 28.5. The molecule has 0 radical (unpaired) electrons. The van der Waals surface area contributed by atoms with Crippen LogP contribution in [0.4, 0.5) is 17.1 Å². The van der Waals surface area contributed by atoms with E-state index in [2.05, 4.69) is 162 Å². The summed E-state index contributed by atoms with van der Waals surface area (Å²) < 4.78 is 2.30. The first-order valence-electron chi connectivity index (χ1n) is 14.7. The van der Waals surface area contributed by atoms with Gasteiger partial charge in [-0.15, -0.1) is 0 Å². The molecule has 0 aliphatic carbocycles. The SMILES string of the molecule is Cc1nc2cccc3c2n1-c1ccc(-c2ccc4cc(-c5ccc6ccccc6c5)ccc4c2)cc1N3c1ccccc1. The first-order valence-corrected chi connectivity index (χ1v) is 14.7. The predicted molar refractivity (Wildman–Crippen MR) is 180 cm³/mol. The van der Waals surface area contributed by atoms with Crippen molar-refractivity contribution in [2.75, 3.05) is 4.90 Å². The number of rotatable bonds is 3. The van der Waals surface area contributed by atoms with Crippen LogP contribution in [0.5, 0.6) is 0 Å². The van der Waals surface area contributed by atoms with Gasteiger partial charge in [-0.1, -0.05) is 91.0 Å². The summed E-state index contributed by atoms with van der Waals surface area (Å²) in [6.45, 7) is 2.09. The molecular formula is C40H27N3. The van der Waals surface area contributed by atoms with Gasteiger partial charge in [0, 0.05) is 5.69 Å². The first-order chi connectivity index (χ1) is 21.2. The molecule has 9 rings (SSSR count). The minimum absolute atomic E-state index is 0.997. The van der Waals surface area contributed by atoms with Crippen molar-refractivity contribution < 1.29 is 0 Å². The molecule has 0 spiro atoms. The van der Waals surface area contributed by atoms with Crippen molar-refractivity contribution >= 4 is 49.6 Å². The maximum Gasteiger partial charge on any atom is 0.111 e. The number of anilines is 3. The number of imidazole rings is 1. The lowest BCUT2D eigenvalue weighted by Crippen LogP contribution is -2.18. The van der Waals surface area contributed by atoms with E-state index in [4.69, 9.17) is 4.98 Å². The molecule has 0 atom stereocenters. The molecule has 0 fully saturated rings. The van der Waals surface area contributed by atoms with Crippen molar-refractivity contribution in [1.29, 1.82) is 0 Å². The summed E-state index contributed by atoms with van der Waals surface area (Å²) in [7, 11) is 0.